The number of rotatable bonds is 3. The van der Waals surface area contributed by atoms with Gasteiger partial charge in [0.2, 0.25) is 0 Å². The van der Waals surface area contributed by atoms with Gasteiger partial charge in [-0.3, -0.25) is 0 Å². The van der Waals surface area contributed by atoms with Crippen molar-refractivity contribution >= 4 is 22.5 Å². The minimum atomic E-state index is 0.692. The second-order valence-electron chi connectivity index (χ2n) is 4.95. The number of fused-ring (bicyclic) bond motifs is 1. The van der Waals surface area contributed by atoms with Crippen LogP contribution in [0.25, 0.3) is 11.1 Å². The van der Waals surface area contributed by atoms with Crippen LogP contribution in [0.2, 0.25) is 0 Å². The monoisotopic (exact) mass is 267 g/mol. The standard InChI is InChI=1S/C16H17N3O/c1-11-18-14-9-12(7-8-16(14)20-11)10-19(2)15-6-4-3-5-13(15)17/h3-9H,10,17H2,1-2H3. The molecule has 4 nitrogen and oxygen atoms in total. The van der Waals surface area contributed by atoms with Crippen LogP contribution in [0.1, 0.15) is 11.5 Å². The number of aromatic nitrogens is 1. The maximum absolute atomic E-state index is 6.00. The van der Waals surface area contributed by atoms with Crippen molar-refractivity contribution in [2.75, 3.05) is 17.7 Å². The number of para-hydroxylation sites is 2. The zero-order chi connectivity index (χ0) is 14.1. The first-order valence-corrected chi connectivity index (χ1v) is 6.55. The van der Waals surface area contributed by atoms with E-state index in [2.05, 4.69) is 22.0 Å². The molecule has 1 heterocycles. The third-order valence-electron chi connectivity index (χ3n) is 3.33. The summed E-state index contributed by atoms with van der Waals surface area (Å²) in [5.41, 5.74) is 10.7. The van der Waals surface area contributed by atoms with E-state index in [1.165, 1.54) is 5.56 Å². The van der Waals surface area contributed by atoms with Crippen LogP contribution in [0.5, 0.6) is 0 Å². The van der Waals surface area contributed by atoms with Gasteiger partial charge in [-0.05, 0) is 29.8 Å². The molecular formula is C16H17N3O. The summed E-state index contributed by atoms with van der Waals surface area (Å²) in [6.07, 6.45) is 0. The van der Waals surface area contributed by atoms with Crippen LogP contribution in [-0.4, -0.2) is 12.0 Å². The molecule has 0 spiro atoms. The molecule has 4 heteroatoms. The molecule has 0 fully saturated rings. The Morgan fingerprint density at radius 3 is 2.80 bits per heavy atom. The summed E-state index contributed by atoms with van der Waals surface area (Å²) in [6.45, 7) is 2.63. The molecule has 0 amide bonds. The van der Waals surface area contributed by atoms with E-state index < -0.39 is 0 Å². The minimum absolute atomic E-state index is 0.692. The van der Waals surface area contributed by atoms with E-state index in [9.17, 15) is 0 Å². The number of oxazole rings is 1. The first kappa shape index (κ1) is 12.5. The largest absolute Gasteiger partial charge is 0.441 e. The van der Waals surface area contributed by atoms with Crippen LogP contribution in [0.15, 0.2) is 46.9 Å². The number of hydrogen-bond acceptors (Lipinski definition) is 4. The molecular weight excluding hydrogens is 250 g/mol. The Morgan fingerprint density at radius 2 is 2.00 bits per heavy atom. The summed E-state index contributed by atoms with van der Waals surface area (Å²) in [6, 6.07) is 13.9. The average molecular weight is 267 g/mol. The highest BCUT2D eigenvalue weighted by atomic mass is 16.3. The lowest BCUT2D eigenvalue weighted by Crippen LogP contribution is -2.17. The number of hydrogen-bond donors (Lipinski definition) is 1. The Bertz CT molecular complexity index is 748. The van der Waals surface area contributed by atoms with Crippen molar-refractivity contribution in [1.82, 2.24) is 4.98 Å². The molecule has 0 aliphatic heterocycles. The fourth-order valence-corrected chi connectivity index (χ4v) is 2.38. The van der Waals surface area contributed by atoms with E-state index in [4.69, 9.17) is 10.2 Å². The summed E-state index contributed by atoms with van der Waals surface area (Å²) in [7, 11) is 2.03. The number of anilines is 2. The Morgan fingerprint density at radius 1 is 1.20 bits per heavy atom. The molecule has 2 aromatic carbocycles. The van der Waals surface area contributed by atoms with Crippen molar-refractivity contribution < 1.29 is 4.42 Å². The zero-order valence-corrected chi connectivity index (χ0v) is 11.6. The van der Waals surface area contributed by atoms with Gasteiger partial charge in [0.15, 0.2) is 11.5 Å². The van der Waals surface area contributed by atoms with E-state index in [1.54, 1.807) is 0 Å². The molecule has 1 aromatic heterocycles. The van der Waals surface area contributed by atoms with Crippen LogP contribution in [0, 0.1) is 6.92 Å². The number of nitrogen functional groups attached to an aromatic ring is 1. The summed E-state index contributed by atoms with van der Waals surface area (Å²) in [5.74, 6) is 0.692. The van der Waals surface area contributed by atoms with Gasteiger partial charge in [-0.2, -0.15) is 0 Å². The van der Waals surface area contributed by atoms with Gasteiger partial charge in [0, 0.05) is 20.5 Å². The molecule has 2 N–H and O–H groups in total. The molecule has 0 aliphatic carbocycles. The van der Waals surface area contributed by atoms with Gasteiger partial charge in [-0.1, -0.05) is 18.2 Å². The highest BCUT2D eigenvalue weighted by Gasteiger charge is 2.07. The summed E-state index contributed by atoms with van der Waals surface area (Å²) in [5, 5.41) is 0. The van der Waals surface area contributed by atoms with Crippen LogP contribution in [-0.2, 0) is 6.54 Å². The first-order chi connectivity index (χ1) is 9.63. The fourth-order valence-electron chi connectivity index (χ4n) is 2.38. The van der Waals surface area contributed by atoms with Crippen molar-refractivity contribution in [3.05, 3.63) is 53.9 Å². The lowest BCUT2D eigenvalue weighted by molar-refractivity contribution is 0.561. The Balaban J connectivity index is 1.87. The normalized spacial score (nSPS) is 10.9. The lowest BCUT2D eigenvalue weighted by Gasteiger charge is -2.21. The van der Waals surface area contributed by atoms with Gasteiger partial charge in [0.1, 0.15) is 5.52 Å². The molecule has 20 heavy (non-hydrogen) atoms. The fraction of sp³-hybridized carbons (Fsp3) is 0.188. The maximum Gasteiger partial charge on any atom is 0.192 e. The third kappa shape index (κ3) is 2.32. The maximum atomic E-state index is 6.00. The Kier molecular flexibility index (Phi) is 3.06. The van der Waals surface area contributed by atoms with Crippen LogP contribution < -0.4 is 10.6 Å². The summed E-state index contributed by atoms with van der Waals surface area (Å²) >= 11 is 0. The number of aryl methyl sites for hydroxylation is 1. The number of benzene rings is 2. The van der Waals surface area contributed by atoms with Gasteiger partial charge in [0.25, 0.3) is 0 Å². The van der Waals surface area contributed by atoms with E-state index in [0.717, 1.165) is 29.0 Å². The van der Waals surface area contributed by atoms with Crippen molar-refractivity contribution in [2.24, 2.45) is 0 Å². The molecule has 3 aromatic rings. The molecule has 0 bridgehead atoms. The highest BCUT2D eigenvalue weighted by Crippen LogP contribution is 2.24. The molecule has 0 saturated heterocycles. The third-order valence-corrected chi connectivity index (χ3v) is 3.33. The average Bonchev–Trinajstić information content (AvgIpc) is 2.78. The van der Waals surface area contributed by atoms with Crippen LogP contribution in [0.4, 0.5) is 11.4 Å². The number of nitrogens with two attached hydrogens (primary N) is 1. The minimum Gasteiger partial charge on any atom is -0.441 e. The molecule has 102 valence electrons. The SMILES string of the molecule is Cc1nc2cc(CN(C)c3ccccc3N)ccc2o1. The summed E-state index contributed by atoms with van der Waals surface area (Å²) in [4.78, 5) is 6.49. The highest BCUT2D eigenvalue weighted by molar-refractivity contribution is 5.74. The van der Waals surface area contributed by atoms with Crippen LogP contribution in [0.3, 0.4) is 0 Å². The van der Waals surface area contributed by atoms with Crippen molar-refractivity contribution in [1.29, 1.82) is 0 Å². The van der Waals surface area contributed by atoms with Gasteiger partial charge in [-0.15, -0.1) is 0 Å². The van der Waals surface area contributed by atoms with Crippen molar-refractivity contribution in [3.63, 3.8) is 0 Å². The van der Waals surface area contributed by atoms with E-state index in [1.807, 2.05) is 44.3 Å². The topological polar surface area (TPSA) is 55.3 Å². The quantitative estimate of drug-likeness (QED) is 0.739. The lowest BCUT2D eigenvalue weighted by atomic mass is 10.1. The molecule has 0 atom stereocenters. The van der Waals surface area contributed by atoms with Gasteiger partial charge in [0.05, 0.1) is 11.4 Å². The van der Waals surface area contributed by atoms with Crippen molar-refractivity contribution in [2.45, 2.75) is 13.5 Å². The molecule has 3 rings (SSSR count). The van der Waals surface area contributed by atoms with E-state index in [0.29, 0.717) is 5.89 Å². The Labute approximate surface area is 117 Å². The second kappa shape index (κ2) is 4.89. The predicted octanol–water partition coefficient (Wildman–Crippen LogP) is 3.35. The van der Waals surface area contributed by atoms with Gasteiger partial charge >= 0.3 is 0 Å². The van der Waals surface area contributed by atoms with E-state index >= 15 is 0 Å². The Hall–Kier alpha value is -2.49. The predicted molar refractivity (Wildman–Crippen MR) is 81.7 cm³/mol. The molecule has 0 unspecified atom stereocenters. The molecule has 0 aliphatic rings. The molecule has 0 saturated carbocycles. The summed E-state index contributed by atoms with van der Waals surface area (Å²) < 4.78 is 5.49. The first-order valence-electron chi connectivity index (χ1n) is 6.55. The van der Waals surface area contributed by atoms with E-state index in [-0.39, 0.29) is 0 Å². The second-order valence-corrected chi connectivity index (χ2v) is 4.95. The molecule has 0 radical (unpaired) electrons. The smallest absolute Gasteiger partial charge is 0.192 e. The van der Waals surface area contributed by atoms with Gasteiger partial charge in [-0.25, -0.2) is 4.98 Å². The van der Waals surface area contributed by atoms with Gasteiger partial charge < -0.3 is 15.1 Å². The number of nitrogens with zero attached hydrogens (tertiary/aromatic N) is 2. The van der Waals surface area contributed by atoms with Crippen LogP contribution >= 0.6 is 0 Å². The van der Waals surface area contributed by atoms with Crippen molar-refractivity contribution in [3.8, 4) is 0 Å². The zero-order valence-electron chi connectivity index (χ0n) is 11.6.